The van der Waals surface area contributed by atoms with Crippen LogP contribution < -0.4 is 10.1 Å². The first-order valence-corrected chi connectivity index (χ1v) is 9.85. The van der Waals surface area contributed by atoms with Crippen LogP contribution in [0.3, 0.4) is 0 Å². The fraction of sp³-hybridized carbons (Fsp3) is 0.182. The molecule has 0 saturated heterocycles. The predicted octanol–water partition coefficient (Wildman–Crippen LogP) is 5.64. The molecule has 0 bridgehead atoms. The molecule has 1 N–H and O–H groups in total. The Balaban J connectivity index is 1.58. The normalized spacial score (nSPS) is 10.9. The molecule has 0 saturated carbocycles. The molecule has 0 unspecified atom stereocenters. The topological polar surface area (TPSA) is 51.2 Å². The second kappa shape index (κ2) is 9.69. The Morgan fingerprint density at radius 1 is 1.15 bits per heavy atom. The van der Waals surface area contributed by atoms with Crippen molar-refractivity contribution in [3.63, 3.8) is 0 Å². The highest BCUT2D eigenvalue weighted by atomic mass is 32.1. The van der Waals surface area contributed by atoms with Crippen molar-refractivity contribution in [2.24, 2.45) is 0 Å². The second-order valence-electron chi connectivity index (χ2n) is 6.00. The minimum absolute atomic E-state index is 0.195. The van der Waals surface area contributed by atoms with Crippen LogP contribution in [-0.2, 0) is 4.79 Å². The van der Waals surface area contributed by atoms with E-state index in [1.807, 2.05) is 60.0 Å². The lowest BCUT2D eigenvalue weighted by Gasteiger charge is -2.05. The number of amides is 1. The molecule has 1 heterocycles. The van der Waals surface area contributed by atoms with Crippen LogP contribution in [0.5, 0.6) is 5.75 Å². The summed E-state index contributed by atoms with van der Waals surface area (Å²) in [5, 5.41) is 5.32. The van der Waals surface area contributed by atoms with E-state index >= 15 is 0 Å². The van der Waals surface area contributed by atoms with Crippen molar-refractivity contribution >= 4 is 28.5 Å². The third-order valence-electron chi connectivity index (χ3n) is 3.88. The fourth-order valence-corrected chi connectivity index (χ4v) is 3.13. The summed E-state index contributed by atoms with van der Waals surface area (Å²) in [5.74, 6) is 0.668. The number of carbonyl (C=O) groups is 1. The van der Waals surface area contributed by atoms with Crippen LogP contribution >= 0.6 is 11.3 Å². The molecule has 4 nitrogen and oxygen atoms in total. The van der Waals surface area contributed by atoms with Gasteiger partial charge in [0.25, 0.3) is 0 Å². The summed E-state index contributed by atoms with van der Waals surface area (Å²) in [6, 6.07) is 17.6. The molecule has 1 amide bonds. The highest BCUT2D eigenvalue weighted by molar-refractivity contribution is 7.14. The number of nitrogens with zero attached hydrogens (tertiary/aromatic N) is 1. The Morgan fingerprint density at radius 3 is 2.67 bits per heavy atom. The van der Waals surface area contributed by atoms with E-state index < -0.39 is 0 Å². The van der Waals surface area contributed by atoms with E-state index in [-0.39, 0.29) is 5.91 Å². The van der Waals surface area contributed by atoms with Gasteiger partial charge in [-0.05, 0) is 42.3 Å². The van der Waals surface area contributed by atoms with Crippen LogP contribution in [-0.4, -0.2) is 17.5 Å². The number of thiazole rings is 1. The molecular weight excluding hydrogens is 356 g/mol. The zero-order chi connectivity index (χ0) is 18.9. The van der Waals surface area contributed by atoms with Gasteiger partial charge in [-0.1, -0.05) is 43.7 Å². The molecule has 3 rings (SSSR count). The summed E-state index contributed by atoms with van der Waals surface area (Å²) in [5.41, 5.74) is 2.81. The molecule has 0 fully saturated rings. The summed E-state index contributed by atoms with van der Waals surface area (Å²) < 4.78 is 5.68. The lowest BCUT2D eigenvalue weighted by atomic mass is 10.2. The quantitative estimate of drug-likeness (QED) is 0.407. The number of ether oxygens (including phenoxy) is 1. The van der Waals surface area contributed by atoms with E-state index in [2.05, 4.69) is 17.2 Å². The highest BCUT2D eigenvalue weighted by Gasteiger charge is 2.07. The number of carbonyl (C=O) groups excluding carboxylic acids is 1. The van der Waals surface area contributed by atoms with Crippen molar-refractivity contribution in [2.75, 3.05) is 11.9 Å². The molecule has 0 aliphatic heterocycles. The largest absolute Gasteiger partial charge is 0.494 e. The van der Waals surface area contributed by atoms with Gasteiger partial charge in [0, 0.05) is 17.0 Å². The van der Waals surface area contributed by atoms with Crippen molar-refractivity contribution < 1.29 is 9.53 Å². The standard InChI is InChI=1S/C22H22N2O2S/c1-2-3-15-26-19-12-10-18(11-13-19)20-16-27-22(23-20)24-21(25)14-9-17-7-5-4-6-8-17/h4-14,16H,2-3,15H2,1H3,(H,23,24,25). The van der Waals surface area contributed by atoms with Crippen molar-refractivity contribution in [1.29, 1.82) is 0 Å². The molecule has 138 valence electrons. The van der Waals surface area contributed by atoms with Crippen LogP contribution in [0.2, 0.25) is 0 Å². The molecule has 0 atom stereocenters. The van der Waals surface area contributed by atoms with Gasteiger partial charge in [-0.15, -0.1) is 11.3 Å². The van der Waals surface area contributed by atoms with E-state index in [0.717, 1.165) is 42.0 Å². The van der Waals surface area contributed by atoms with Crippen LogP contribution in [0.1, 0.15) is 25.3 Å². The molecule has 0 aliphatic carbocycles. The average Bonchev–Trinajstić information content (AvgIpc) is 3.16. The molecule has 0 aliphatic rings. The first-order chi connectivity index (χ1) is 13.2. The summed E-state index contributed by atoms with van der Waals surface area (Å²) >= 11 is 1.41. The maximum Gasteiger partial charge on any atom is 0.250 e. The van der Waals surface area contributed by atoms with E-state index in [1.165, 1.54) is 17.4 Å². The number of nitrogens with one attached hydrogen (secondary N) is 1. The van der Waals surface area contributed by atoms with Gasteiger partial charge in [-0.3, -0.25) is 10.1 Å². The first-order valence-electron chi connectivity index (χ1n) is 8.97. The third-order valence-corrected chi connectivity index (χ3v) is 4.64. The monoisotopic (exact) mass is 378 g/mol. The van der Waals surface area contributed by atoms with E-state index in [4.69, 9.17) is 4.74 Å². The van der Waals surface area contributed by atoms with Crippen molar-refractivity contribution in [3.05, 3.63) is 71.6 Å². The molecule has 27 heavy (non-hydrogen) atoms. The molecular formula is C22H22N2O2S. The number of anilines is 1. The van der Waals surface area contributed by atoms with Gasteiger partial charge in [-0.2, -0.15) is 0 Å². The van der Waals surface area contributed by atoms with Gasteiger partial charge in [0.1, 0.15) is 5.75 Å². The molecule has 0 radical (unpaired) electrons. The van der Waals surface area contributed by atoms with Crippen molar-refractivity contribution in [2.45, 2.75) is 19.8 Å². The minimum Gasteiger partial charge on any atom is -0.494 e. The van der Waals surface area contributed by atoms with Crippen molar-refractivity contribution in [3.8, 4) is 17.0 Å². The summed E-state index contributed by atoms with van der Waals surface area (Å²) in [6.07, 6.45) is 5.46. The maximum absolute atomic E-state index is 12.1. The number of benzene rings is 2. The van der Waals surface area contributed by atoms with Gasteiger partial charge in [-0.25, -0.2) is 4.98 Å². The van der Waals surface area contributed by atoms with E-state index in [0.29, 0.717) is 5.13 Å². The molecule has 5 heteroatoms. The van der Waals surface area contributed by atoms with Crippen LogP contribution in [0.25, 0.3) is 17.3 Å². The molecule has 1 aromatic heterocycles. The molecule has 0 spiro atoms. The van der Waals surface area contributed by atoms with E-state index in [9.17, 15) is 4.79 Å². The minimum atomic E-state index is -0.195. The SMILES string of the molecule is CCCCOc1ccc(-c2csc(NC(=O)C=Cc3ccccc3)n2)cc1. The van der Waals surface area contributed by atoms with Gasteiger partial charge in [0.2, 0.25) is 5.91 Å². The van der Waals surface area contributed by atoms with Gasteiger partial charge >= 0.3 is 0 Å². The van der Waals surface area contributed by atoms with Gasteiger partial charge in [0.15, 0.2) is 5.13 Å². The fourth-order valence-electron chi connectivity index (χ4n) is 2.40. The number of hydrogen-bond acceptors (Lipinski definition) is 4. The second-order valence-corrected chi connectivity index (χ2v) is 6.86. The lowest BCUT2D eigenvalue weighted by molar-refractivity contribution is -0.111. The Hall–Kier alpha value is -2.92. The van der Waals surface area contributed by atoms with Crippen LogP contribution in [0.4, 0.5) is 5.13 Å². The Morgan fingerprint density at radius 2 is 1.93 bits per heavy atom. The summed E-state index contributed by atoms with van der Waals surface area (Å²) in [7, 11) is 0. The van der Waals surface area contributed by atoms with Crippen molar-refractivity contribution in [1.82, 2.24) is 4.98 Å². The summed E-state index contributed by atoms with van der Waals surface area (Å²) in [6.45, 7) is 2.88. The van der Waals surface area contributed by atoms with Crippen LogP contribution in [0.15, 0.2) is 66.1 Å². The molecule has 3 aromatic rings. The maximum atomic E-state index is 12.1. The predicted molar refractivity (Wildman–Crippen MR) is 112 cm³/mol. The Labute approximate surface area is 163 Å². The summed E-state index contributed by atoms with van der Waals surface area (Å²) in [4.78, 5) is 16.5. The molecule has 2 aromatic carbocycles. The third kappa shape index (κ3) is 5.79. The first kappa shape index (κ1) is 18.9. The number of rotatable bonds is 8. The number of aromatic nitrogens is 1. The van der Waals surface area contributed by atoms with Gasteiger partial charge < -0.3 is 4.74 Å². The Kier molecular flexibility index (Phi) is 6.77. The highest BCUT2D eigenvalue weighted by Crippen LogP contribution is 2.26. The number of unbranched alkanes of at least 4 members (excludes halogenated alkanes) is 1. The number of hydrogen-bond donors (Lipinski definition) is 1. The lowest BCUT2D eigenvalue weighted by Crippen LogP contribution is -2.07. The smallest absolute Gasteiger partial charge is 0.250 e. The Bertz CT molecular complexity index is 886. The van der Waals surface area contributed by atoms with Gasteiger partial charge in [0.05, 0.1) is 12.3 Å². The zero-order valence-electron chi connectivity index (χ0n) is 15.2. The van der Waals surface area contributed by atoms with E-state index in [1.54, 1.807) is 6.08 Å². The van der Waals surface area contributed by atoms with Crippen LogP contribution in [0, 0.1) is 0 Å². The zero-order valence-corrected chi connectivity index (χ0v) is 16.0. The average molecular weight is 378 g/mol.